The van der Waals surface area contributed by atoms with Crippen LogP contribution in [-0.2, 0) is 16.6 Å². The number of hydrogen-bond acceptors (Lipinski definition) is 8. The number of ether oxygens (including phenoxy) is 2. The summed E-state index contributed by atoms with van der Waals surface area (Å²) < 4.78 is 11.2. The van der Waals surface area contributed by atoms with Crippen LogP contribution in [0.15, 0.2) is 46.8 Å². The van der Waals surface area contributed by atoms with E-state index in [9.17, 15) is 9.59 Å². The van der Waals surface area contributed by atoms with Crippen molar-refractivity contribution in [2.24, 2.45) is 0 Å². The van der Waals surface area contributed by atoms with Crippen molar-refractivity contribution in [3.63, 3.8) is 0 Å². The summed E-state index contributed by atoms with van der Waals surface area (Å²) in [5, 5.41) is 14.1. The minimum Gasteiger partial charge on any atom is -0.493 e. The van der Waals surface area contributed by atoms with Crippen LogP contribution in [0, 0.1) is 0 Å². The van der Waals surface area contributed by atoms with Crippen molar-refractivity contribution in [3.05, 3.63) is 59.2 Å². The molecule has 0 aliphatic heterocycles. The normalized spacial score (nSPS) is 11.1. The van der Waals surface area contributed by atoms with Gasteiger partial charge in [-0.05, 0) is 47.2 Å². The highest BCUT2D eigenvalue weighted by atomic mass is 32.2. The molecule has 0 saturated carbocycles. The predicted molar refractivity (Wildman–Crippen MR) is 140 cm³/mol. The van der Waals surface area contributed by atoms with E-state index in [0.717, 1.165) is 11.1 Å². The molecular formula is C25H30N4O4S2. The fraction of sp³-hybridized carbons (Fsp3) is 0.360. The third-order valence-electron chi connectivity index (χ3n) is 5.15. The molecule has 10 heteroatoms. The molecule has 2 N–H and O–H groups in total. The van der Waals surface area contributed by atoms with Gasteiger partial charge < -0.3 is 14.8 Å². The second-order valence-electron chi connectivity index (χ2n) is 8.73. The molecule has 186 valence electrons. The number of carbonyl (C=O) groups excluding carboxylic acids is 2. The van der Waals surface area contributed by atoms with Crippen LogP contribution in [-0.4, -0.2) is 48.5 Å². The monoisotopic (exact) mass is 514 g/mol. The van der Waals surface area contributed by atoms with E-state index in [1.54, 1.807) is 26.4 Å². The van der Waals surface area contributed by atoms with Crippen molar-refractivity contribution < 1.29 is 19.1 Å². The Kier molecular flexibility index (Phi) is 9.11. The third-order valence-corrected chi connectivity index (χ3v) is 7.12. The van der Waals surface area contributed by atoms with Crippen LogP contribution in [0.4, 0.5) is 5.13 Å². The number of aromatic nitrogens is 2. The van der Waals surface area contributed by atoms with Gasteiger partial charge in [0.25, 0.3) is 5.91 Å². The van der Waals surface area contributed by atoms with Gasteiger partial charge in [0.15, 0.2) is 15.8 Å². The number of carbonyl (C=O) groups is 2. The van der Waals surface area contributed by atoms with Gasteiger partial charge in [-0.25, -0.2) is 0 Å². The average Bonchev–Trinajstić information content (AvgIpc) is 3.29. The van der Waals surface area contributed by atoms with Crippen LogP contribution < -0.4 is 20.1 Å². The molecule has 0 fully saturated rings. The zero-order valence-corrected chi connectivity index (χ0v) is 22.1. The number of rotatable bonds is 10. The first-order valence-electron chi connectivity index (χ1n) is 11.1. The Hall–Kier alpha value is -3.11. The van der Waals surface area contributed by atoms with Crippen molar-refractivity contribution in [1.29, 1.82) is 0 Å². The van der Waals surface area contributed by atoms with E-state index in [1.165, 1.54) is 23.1 Å². The SMILES string of the molecule is COc1ccc(CCNC(=O)CSc2nnc(NC(=O)c3ccc(C(C)(C)C)cc3)s2)cc1OC. The molecule has 0 bridgehead atoms. The average molecular weight is 515 g/mol. The van der Waals surface area contributed by atoms with E-state index in [-0.39, 0.29) is 23.0 Å². The highest BCUT2D eigenvalue weighted by Gasteiger charge is 2.16. The van der Waals surface area contributed by atoms with Crippen molar-refractivity contribution >= 4 is 40.0 Å². The van der Waals surface area contributed by atoms with Gasteiger partial charge in [0.1, 0.15) is 0 Å². The minimum atomic E-state index is -0.244. The van der Waals surface area contributed by atoms with Gasteiger partial charge in [-0.15, -0.1) is 10.2 Å². The Balaban J connectivity index is 1.43. The van der Waals surface area contributed by atoms with E-state index in [0.29, 0.717) is 39.5 Å². The smallest absolute Gasteiger partial charge is 0.257 e. The lowest BCUT2D eigenvalue weighted by molar-refractivity contribution is -0.118. The van der Waals surface area contributed by atoms with Crippen molar-refractivity contribution in [1.82, 2.24) is 15.5 Å². The molecule has 35 heavy (non-hydrogen) atoms. The van der Waals surface area contributed by atoms with Crippen LogP contribution >= 0.6 is 23.1 Å². The van der Waals surface area contributed by atoms with E-state index < -0.39 is 0 Å². The fourth-order valence-corrected chi connectivity index (χ4v) is 4.75. The number of nitrogens with one attached hydrogen (secondary N) is 2. The Morgan fingerprint density at radius 3 is 2.37 bits per heavy atom. The van der Waals surface area contributed by atoms with Gasteiger partial charge in [-0.2, -0.15) is 0 Å². The second kappa shape index (κ2) is 12.0. The zero-order chi connectivity index (χ0) is 25.4. The van der Waals surface area contributed by atoms with Gasteiger partial charge in [-0.3, -0.25) is 14.9 Å². The summed E-state index contributed by atoms with van der Waals surface area (Å²) >= 11 is 2.52. The van der Waals surface area contributed by atoms with Crippen LogP contribution in [0.5, 0.6) is 11.5 Å². The fourth-order valence-electron chi connectivity index (χ4n) is 3.17. The standard InChI is InChI=1S/C25H30N4O4S2/c1-25(2,3)18-9-7-17(8-10-18)22(31)27-23-28-29-24(35-23)34-15-21(30)26-13-12-16-6-11-19(32-4)20(14-16)33-5/h6-11,14H,12-13,15H2,1-5H3,(H,26,30)(H,27,28,31). The Labute approximate surface area is 213 Å². The van der Waals surface area contributed by atoms with E-state index in [1.807, 2.05) is 30.3 Å². The third kappa shape index (κ3) is 7.69. The number of benzene rings is 2. The number of thioether (sulfide) groups is 1. The topological polar surface area (TPSA) is 102 Å². The summed E-state index contributed by atoms with van der Waals surface area (Å²) in [4.78, 5) is 24.7. The van der Waals surface area contributed by atoms with Crippen LogP contribution in [0.2, 0.25) is 0 Å². The number of nitrogens with zero attached hydrogens (tertiary/aromatic N) is 2. The molecule has 8 nitrogen and oxygen atoms in total. The van der Waals surface area contributed by atoms with E-state index in [2.05, 4.69) is 41.6 Å². The summed E-state index contributed by atoms with van der Waals surface area (Å²) in [6, 6.07) is 13.2. The molecule has 0 atom stereocenters. The number of amides is 2. The number of anilines is 1. The molecule has 0 saturated heterocycles. The van der Waals surface area contributed by atoms with Gasteiger partial charge in [0.2, 0.25) is 11.0 Å². The largest absolute Gasteiger partial charge is 0.493 e. The summed E-state index contributed by atoms with van der Waals surface area (Å²) in [5.74, 6) is 1.19. The Bertz CT molecular complexity index is 1160. The first-order valence-corrected chi connectivity index (χ1v) is 12.9. The first-order chi connectivity index (χ1) is 16.7. The minimum absolute atomic E-state index is 0.0237. The summed E-state index contributed by atoms with van der Waals surface area (Å²) in [6.45, 7) is 6.88. The molecule has 0 spiro atoms. The van der Waals surface area contributed by atoms with Crippen molar-refractivity contribution in [2.45, 2.75) is 36.9 Å². The van der Waals surface area contributed by atoms with Crippen LogP contribution in [0.1, 0.15) is 42.3 Å². The number of methoxy groups -OCH3 is 2. The molecular weight excluding hydrogens is 484 g/mol. The van der Waals surface area contributed by atoms with E-state index >= 15 is 0 Å². The highest BCUT2D eigenvalue weighted by Crippen LogP contribution is 2.28. The Morgan fingerprint density at radius 2 is 1.71 bits per heavy atom. The lowest BCUT2D eigenvalue weighted by atomic mass is 9.87. The molecule has 2 amide bonds. The van der Waals surface area contributed by atoms with Gasteiger partial charge in [0, 0.05) is 12.1 Å². The molecule has 0 aliphatic carbocycles. The maximum Gasteiger partial charge on any atom is 0.257 e. The Morgan fingerprint density at radius 1 is 1.00 bits per heavy atom. The lowest BCUT2D eigenvalue weighted by Gasteiger charge is -2.18. The quantitative estimate of drug-likeness (QED) is 0.302. The predicted octanol–water partition coefficient (Wildman–Crippen LogP) is 4.56. The first kappa shape index (κ1) is 26.5. The lowest BCUT2D eigenvalue weighted by Crippen LogP contribution is -2.27. The maximum atomic E-state index is 12.5. The van der Waals surface area contributed by atoms with Crippen molar-refractivity contribution in [3.8, 4) is 11.5 Å². The molecule has 3 rings (SSSR count). The summed E-state index contributed by atoms with van der Waals surface area (Å²) in [6.07, 6.45) is 0.669. The molecule has 1 heterocycles. The van der Waals surface area contributed by atoms with Gasteiger partial charge in [-0.1, -0.05) is 62.1 Å². The van der Waals surface area contributed by atoms with Gasteiger partial charge in [0.05, 0.1) is 20.0 Å². The highest BCUT2D eigenvalue weighted by molar-refractivity contribution is 8.01. The van der Waals surface area contributed by atoms with Gasteiger partial charge >= 0.3 is 0 Å². The second-order valence-corrected chi connectivity index (χ2v) is 10.9. The van der Waals surface area contributed by atoms with Crippen molar-refractivity contribution in [2.75, 3.05) is 31.8 Å². The van der Waals surface area contributed by atoms with E-state index in [4.69, 9.17) is 9.47 Å². The van der Waals surface area contributed by atoms with Crippen LogP contribution in [0.25, 0.3) is 0 Å². The molecule has 3 aromatic rings. The molecule has 0 unspecified atom stereocenters. The molecule has 0 radical (unpaired) electrons. The summed E-state index contributed by atoms with van der Waals surface area (Å²) in [5.41, 5.74) is 2.77. The molecule has 0 aliphatic rings. The molecule has 2 aromatic carbocycles. The zero-order valence-electron chi connectivity index (χ0n) is 20.5. The number of hydrogen-bond donors (Lipinski definition) is 2. The van der Waals surface area contributed by atoms with Crippen LogP contribution in [0.3, 0.4) is 0 Å². The molecule has 1 aromatic heterocycles. The summed E-state index contributed by atoms with van der Waals surface area (Å²) in [7, 11) is 3.19. The maximum absolute atomic E-state index is 12.5.